The van der Waals surface area contributed by atoms with Crippen molar-refractivity contribution in [3.8, 4) is 5.75 Å². The van der Waals surface area contributed by atoms with E-state index in [0.29, 0.717) is 23.9 Å². The van der Waals surface area contributed by atoms with Crippen LogP contribution in [0.3, 0.4) is 0 Å². The highest BCUT2D eigenvalue weighted by molar-refractivity contribution is 6.19. The molecule has 2 aromatic carbocycles. The number of rotatable bonds is 14. The van der Waals surface area contributed by atoms with Gasteiger partial charge < -0.3 is 19.9 Å². The fourth-order valence-electron chi connectivity index (χ4n) is 5.08. The van der Waals surface area contributed by atoms with Gasteiger partial charge in [0.25, 0.3) is 5.91 Å². The maximum absolute atomic E-state index is 14.1. The molecular formula is C34H49N5O2. The fourth-order valence-corrected chi connectivity index (χ4v) is 5.08. The maximum atomic E-state index is 14.1. The van der Waals surface area contributed by atoms with E-state index in [-0.39, 0.29) is 17.9 Å². The van der Waals surface area contributed by atoms with Gasteiger partial charge >= 0.3 is 0 Å². The third-order valence-corrected chi connectivity index (χ3v) is 7.58. The predicted molar refractivity (Wildman–Crippen MR) is 171 cm³/mol. The highest BCUT2D eigenvalue weighted by Gasteiger charge is 2.30. The summed E-state index contributed by atoms with van der Waals surface area (Å²) in [5.41, 5.74) is 3.72. The standard InChI is InChI=1S/C34H49N5O2/c1-9-26(5)33-31(22-36-27(6)35-10-2)34(40)39(20-19-38(33)8)29-17-14-18-30(21-29)41-32(25(3)4)24-37(7)23-28-15-12-11-13-16-28/h11-18,21-22,25-26,32,35H,6,9-10,19-20,23-24H2,1-5,7-8H3/b36-22-. The van der Waals surface area contributed by atoms with Crippen molar-refractivity contribution >= 4 is 17.8 Å². The van der Waals surface area contributed by atoms with Crippen molar-refractivity contribution in [3.63, 3.8) is 0 Å². The molecule has 3 rings (SSSR count). The molecule has 7 nitrogen and oxygen atoms in total. The van der Waals surface area contributed by atoms with Gasteiger partial charge in [0.05, 0.1) is 5.57 Å². The first-order valence-corrected chi connectivity index (χ1v) is 14.9. The van der Waals surface area contributed by atoms with E-state index in [4.69, 9.17) is 4.74 Å². The molecule has 1 N–H and O–H groups in total. The zero-order valence-corrected chi connectivity index (χ0v) is 26.1. The van der Waals surface area contributed by atoms with Crippen LogP contribution < -0.4 is 15.0 Å². The lowest BCUT2D eigenvalue weighted by atomic mass is 9.98. The second kappa shape index (κ2) is 15.4. The van der Waals surface area contributed by atoms with E-state index >= 15 is 0 Å². The smallest absolute Gasteiger partial charge is 0.261 e. The molecule has 0 saturated heterocycles. The van der Waals surface area contributed by atoms with E-state index in [2.05, 4.69) is 92.7 Å². The predicted octanol–water partition coefficient (Wildman–Crippen LogP) is 5.95. The summed E-state index contributed by atoms with van der Waals surface area (Å²) < 4.78 is 6.56. The third kappa shape index (κ3) is 8.95. The Morgan fingerprint density at radius 2 is 1.85 bits per heavy atom. The van der Waals surface area contributed by atoms with E-state index in [9.17, 15) is 4.79 Å². The van der Waals surface area contributed by atoms with Crippen molar-refractivity contribution in [2.24, 2.45) is 16.8 Å². The Hall–Kier alpha value is -3.58. The summed E-state index contributed by atoms with van der Waals surface area (Å²) in [6, 6.07) is 18.4. The van der Waals surface area contributed by atoms with Crippen molar-refractivity contribution in [2.75, 3.05) is 45.2 Å². The molecule has 2 atom stereocenters. The van der Waals surface area contributed by atoms with Gasteiger partial charge in [-0.3, -0.25) is 9.69 Å². The van der Waals surface area contributed by atoms with Crippen molar-refractivity contribution in [1.82, 2.24) is 15.1 Å². The third-order valence-electron chi connectivity index (χ3n) is 7.58. The Bertz CT molecular complexity index is 1210. The summed E-state index contributed by atoms with van der Waals surface area (Å²) in [4.78, 5) is 24.9. The van der Waals surface area contributed by atoms with Gasteiger partial charge in [-0.1, -0.05) is 70.7 Å². The normalized spacial score (nSPS) is 16.0. The summed E-state index contributed by atoms with van der Waals surface area (Å²) in [6.45, 7) is 18.3. The first-order valence-electron chi connectivity index (χ1n) is 14.9. The molecule has 0 fully saturated rings. The van der Waals surface area contributed by atoms with Crippen LogP contribution in [0.25, 0.3) is 0 Å². The van der Waals surface area contributed by atoms with Gasteiger partial charge in [0.1, 0.15) is 17.7 Å². The lowest BCUT2D eigenvalue weighted by Crippen LogP contribution is -2.36. The van der Waals surface area contributed by atoms with Gasteiger partial charge in [-0.05, 0) is 49.9 Å². The molecule has 222 valence electrons. The molecule has 2 aromatic rings. The van der Waals surface area contributed by atoms with Gasteiger partial charge in [-0.2, -0.15) is 0 Å². The molecule has 1 aliphatic rings. The van der Waals surface area contributed by atoms with E-state index in [1.165, 1.54) is 5.56 Å². The summed E-state index contributed by atoms with van der Waals surface area (Å²) >= 11 is 0. The van der Waals surface area contributed by atoms with Gasteiger partial charge in [-0.25, -0.2) is 4.99 Å². The number of aliphatic imine (C=N–C) groups is 1. The fraction of sp³-hybridized carbons (Fsp3) is 0.471. The van der Waals surface area contributed by atoms with Crippen LogP contribution in [0, 0.1) is 11.8 Å². The molecule has 0 aromatic heterocycles. The summed E-state index contributed by atoms with van der Waals surface area (Å²) in [7, 11) is 4.19. The van der Waals surface area contributed by atoms with Crippen LogP contribution in [0.1, 0.15) is 46.6 Å². The number of allylic oxidation sites excluding steroid dienone is 1. The number of amides is 1. The molecule has 0 spiro atoms. The first-order chi connectivity index (χ1) is 19.6. The molecule has 1 heterocycles. The number of ether oxygens (including phenoxy) is 1. The number of carbonyl (C=O) groups is 1. The quantitative estimate of drug-likeness (QED) is 0.290. The number of likely N-dealkylation sites (N-methyl/N-ethyl adjacent to an activating group) is 2. The maximum Gasteiger partial charge on any atom is 0.261 e. The second-order valence-corrected chi connectivity index (χ2v) is 11.3. The SMILES string of the molecule is C=C(/N=C\C1=C(C(C)CC)N(C)CCN(c2cccc(OC(CN(C)Cc3ccccc3)C(C)C)c2)C1=O)NCC. The largest absolute Gasteiger partial charge is 0.489 e. The Balaban J connectivity index is 1.85. The number of anilines is 1. The topological polar surface area (TPSA) is 60.4 Å². The molecular weight excluding hydrogens is 510 g/mol. The van der Waals surface area contributed by atoms with Crippen molar-refractivity contribution in [2.45, 2.75) is 53.7 Å². The van der Waals surface area contributed by atoms with E-state index in [1.54, 1.807) is 6.21 Å². The van der Waals surface area contributed by atoms with E-state index in [1.807, 2.05) is 42.2 Å². The number of carbonyl (C=O) groups excluding carboxylic acids is 1. The molecule has 2 unspecified atom stereocenters. The Kier molecular flexibility index (Phi) is 12.0. The average Bonchev–Trinajstić information content (AvgIpc) is 3.07. The highest BCUT2D eigenvalue weighted by atomic mass is 16.5. The molecule has 41 heavy (non-hydrogen) atoms. The van der Waals surface area contributed by atoms with Crippen LogP contribution >= 0.6 is 0 Å². The summed E-state index contributed by atoms with van der Waals surface area (Å²) in [5.74, 6) is 1.78. The zero-order chi connectivity index (χ0) is 29.9. The van der Waals surface area contributed by atoms with Crippen molar-refractivity contribution < 1.29 is 9.53 Å². The Morgan fingerprint density at radius 3 is 2.51 bits per heavy atom. The Morgan fingerprint density at radius 1 is 1.12 bits per heavy atom. The van der Waals surface area contributed by atoms with Gasteiger partial charge in [-0.15, -0.1) is 0 Å². The molecule has 0 radical (unpaired) electrons. The number of nitrogens with zero attached hydrogens (tertiary/aromatic N) is 4. The highest BCUT2D eigenvalue weighted by Crippen LogP contribution is 2.30. The number of benzene rings is 2. The monoisotopic (exact) mass is 559 g/mol. The average molecular weight is 560 g/mol. The van der Waals surface area contributed by atoms with Gasteiger partial charge in [0.2, 0.25) is 0 Å². The summed E-state index contributed by atoms with van der Waals surface area (Å²) in [5, 5.41) is 3.12. The van der Waals surface area contributed by atoms with Crippen LogP contribution in [-0.4, -0.2) is 68.3 Å². The zero-order valence-electron chi connectivity index (χ0n) is 26.1. The molecule has 7 heteroatoms. The molecule has 0 aliphatic carbocycles. The van der Waals surface area contributed by atoms with Gasteiger partial charge in [0, 0.05) is 63.4 Å². The summed E-state index contributed by atoms with van der Waals surface area (Å²) in [6.07, 6.45) is 2.61. The van der Waals surface area contributed by atoms with Crippen LogP contribution in [0.5, 0.6) is 5.75 Å². The van der Waals surface area contributed by atoms with E-state index in [0.717, 1.165) is 49.7 Å². The molecule has 0 bridgehead atoms. The minimum atomic E-state index is -0.0575. The van der Waals surface area contributed by atoms with Crippen molar-refractivity contribution in [3.05, 3.63) is 83.8 Å². The van der Waals surface area contributed by atoms with E-state index < -0.39 is 0 Å². The minimum absolute atomic E-state index is 0.00149. The van der Waals surface area contributed by atoms with Crippen LogP contribution in [0.2, 0.25) is 0 Å². The van der Waals surface area contributed by atoms with Crippen LogP contribution in [0.15, 0.2) is 83.3 Å². The van der Waals surface area contributed by atoms with Gasteiger partial charge in [0.15, 0.2) is 0 Å². The number of nitrogens with one attached hydrogen (secondary N) is 1. The van der Waals surface area contributed by atoms with Crippen molar-refractivity contribution in [1.29, 1.82) is 0 Å². The molecule has 1 aliphatic heterocycles. The Labute approximate surface area is 247 Å². The molecule has 1 amide bonds. The van der Waals surface area contributed by atoms with Crippen LogP contribution in [0.4, 0.5) is 5.69 Å². The number of hydrogen-bond donors (Lipinski definition) is 1. The lowest BCUT2D eigenvalue weighted by Gasteiger charge is -2.28. The number of hydrogen-bond acceptors (Lipinski definition) is 6. The lowest BCUT2D eigenvalue weighted by molar-refractivity contribution is -0.114. The minimum Gasteiger partial charge on any atom is -0.489 e. The first kappa shape index (κ1) is 31.9. The van der Waals surface area contributed by atoms with Crippen LogP contribution in [-0.2, 0) is 11.3 Å². The second-order valence-electron chi connectivity index (χ2n) is 11.3. The molecule has 0 saturated carbocycles.